The Morgan fingerprint density at radius 2 is 1.83 bits per heavy atom. The molecule has 24 heavy (non-hydrogen) atoms. The van der Waals surface area contributed by atoms with Crippen LogP contribution in [0.5, 0.6) is 0 Å². The van der Waals surface area contributed by atoms with Crippen LogP contribution in [0.15, 0.2) is 29.3 Å². The van der Waals surface area contributed by atoms with Crippen LogP contribution in [0.25, 0.3) is 11.1 Å². The van der Waals surface area contributed by atoms with Crippen molar-refractivity contribution in [2.75, 3.05) is 18.1 Å². The van der Waals surface area contributed by atoms with E-state index in [-0.39, 0.29) is 29.3 Å². The quantitative estimate of drug-likeness (QED) is 0.708. The molecule has 6 nitrogen and oxygen atoms in total. The minimum absolute atomic E-state index is 0.0352. The van der Waals surface area contributed by atoms with Crippen LogP contribution in [-0.4, -0.2) is 33.7 Å². The highest BCUT2D eigenvalue weighted by Gasteiger charge is 2.21. The summed E-state index contributed by atoms with van der Waals surface area (Å²) in [6, 6.07) is 11.5. The van der Waals surface area contributed by atoms with Crippen LogP contribution in [-0.2, 0) is 0 Å². The van der Waals surface area contributed by atoms with Crippen LogP contribution >= 0.6 is 11.8 Å². The van der Waals surface area contributed by atoms with Gasteiger partial charge in [0.15, 0.2) is 0 Å². The smallest absolute Gasteiger partial charge is 0.143 e. The second kappa shape index (κ2) is 7.80. The topological polar surface area (TPSA) is 127 Å². The number of rotatable bonds is 5. The Morgan fingerprint density at radius 3 is 2.38 bits per heavy atom. The highest BCUT2D eigenvalue weighted by Crippen LogP contribution is 2.35. The van der Waals surface area contributed by atoms with E-state index in [1.807, 2.05) is 37.3 Å². The van der Waals surface area contributed by atoms with Crippen LogP contribution in [0, 0.1) is 29.6 Å². The number of pyridine rings is 1. The lowest BCUT2D eigenvalue weighted by Crippen LogP contribution is -2.15. The number of nitrogens with two attached hydrogens (primary N) is 1. The lowest BCUT2D eigenvalue weighted by atomic mass is 9.96. The molecular weight excluding hydrogens is 324 g/mol. The molecule has 0 saturated carbocycles. The average molecular weight is 340 g/mol. The van der Waals surface area contributed by atoms with E-state index in [1.54, 1.807) is 0 Å². The highest BCUT2D eigenvalue weighted by atomic mass is 32.2. The summed E-state index contributed by atoms with van der Waals surface area (Å²) in [6.45, 7) is 1.56. The SMILES string of the molecule is Cc1ccc(-c2c(C#N)c(N)nc(SCC(O)CO)c2C#N)cc1. The van der Waals surface area contributed by atoms with E-state index in [4.69, 9.17) is 10.8 Å². The molecule has 0 spiro atoms. The Hall–Kier alpha value is -2.58. The van der Waals surface area contributed by atoms with Crippen molar-refractivity contribution in [3.63, 3.8) is 0 Å². The van der Waals surface area contributed by atoms with Crippen LogP contribution in [0.3, 0.4) is 0 Å². The number of nitriles is 2. The number of aromatic nitrogens is 1. The molecule has 0 fully saturated rings. The van der Waals surface area contributed by atoms with Crippen molar-refractivity contribution in [2.45, 2.75) is 18.1 Å². The molecule has 0 amide bonds. The highest BCUT2D eigenvalue weighted by molar-refractivity contribution is 7.99. The van der Waals surface area contributed by atoms with Crippen molar-refractivity contribution in [3.05, 3.63) is 41.0 Å². The molecule has 1 unspecified atom stereocenters. The van der Waals surface area contributed by atoms with Gasteiger partial charge in [0.1, 0.15) is 28.5 Å². The van der Waals surface area contributed by atoms with Crippen molar-refractivity contribution in [2.24, 2.45) is 0 Å². The second-order valence-electron chi connectivity index (χ2n) is 5.16. The van der Waals surface area contributed by atoms with Gasteiger partial charge in [-0.2, -0.15) is 10.5 Å². The van der Waals surface area contributed by atoms with Gasteiger partial charge in [-0.05, 0) is 12.5 Å². The molecule has 122 valence electrons. The minimum atomic E-state index is -0.928. The van der Waals surface area contributed by atoms with Crippen LogP contribution < -0.4 is 5.73 Å². The lowest BCUT2D eigenvalue weighted by molar-refractivity contribution is 0.113. The number of aryl methyl sites for hydroxylation is 1. The molecule has 1 heterocycles. The largest absolute Gasteiger partial charge is 0.394 e. The summed E-state index contributed by atoms with van der Waals surface area (Å²) in [6.07, 6.45) is -0.928. The zero-order valence-electron chi connectivity index (χ0n) is 13.0. The predicted octanol–water partition coefficient (Wildman–Crippen LogP) is 1.83. The Labute approximate surface area is 144 Å². The van der Waals surface area contributed by atoms with Crippen LogP contribution in [0.2, 0.25) is 0 Å². The van der Waals surface area contributed by atoms with E-state index < -0.39 is 6.10 Å². The van der Waals surface area contributed by atoms with E-state index in [2.05, 4.69) is 11.1 Å². The van der Waals surface area contributed by atoms with Gasteiger partial charge in [-0.15, -0.1) is 11.8 Å². The fourth-order valence-electron chi connectivity index (χ4n) is 2.14. The maximum Gasteiger partial charge on any atom is 0.143 e. The Morgan fingerprint density at radius 1 is 1.21 bits per heavy atom. The first-order chi connectivity index (χ1) is 11.5. The standard InChI is InChI=1S/C17H16N4O2S/c1-10-2-4-11(5-3-10)15-13(6-18)16(20)21-17(14(15)7-19)24-9-12(23)8-22/h2-5,12,22-23H,8-9H2,1H3,(H2,20,21). The maximum absolute atomic E-state index is 9.58. The van der Waals surface area contributed by atoms with Gasteiger partial charge >= 0.3 is 0 Å². The van der Waals surface area contributed by atoms with E-state index in [9.17, 15) is 15.6 Å². The monoisotopic (exact) mass is 340 g/mol. The fraction of sp³-hybridized carbons (Fsp3) is 0.235. The number of aliphatic hydroxyl groups is 2. The van der Waals surface area contributed by atoms with Crippen molar-refractivity contribution < 1.29 is 10.2 Å². The Bertz CT molecular complexity index is 822. The second-order valence-corrected chi connectivity index (χ2v) is 6.17. The van der Waals surface area contributed by atoms with Crippen molar-refractivity contribution >= 4 is 17.6 Å². The molecule has 4 N–H and O–H groups in total. The van der Waals surface area contributed by atoms with E-state index >= 15 is 0 Å². The zero-order chi connectivity index (χ0) is 17.7. The normalized spacial score (nSPS) is 11.5. The molecule has 0 aliphatic heterocycles. The summed E-state index contributed by atoms with van der Waals surface area (Å²) in [7, 11) is 0. The molecule has 1 aromatic heterocycles. The number of nitrogens with zero attached hydrogens (tertiary/aromatic N) is 3. The minimum Gasteiger partial charge on any atom is -0.394 e. The van der Waals surface area contributed by atoms with Crippen molar-refractivity contribution in [1.82, 2.24) is 4.98 Å². The lowest BCUT2D eigenvalue weighted by Gasteiger charge is -2.14. The number of benzene rings is 1. The van der Waals surface area contributed by atoms with Gasteiger partial charge in [-0.3, -0.25) is 0 Å². The molecule has 1 atom stereocenters. The van der Waals surface area contributed by atoms with Crippen molar-refractivity contribution in [3.8, 4) is 23.3 Å². The van der Waals surface area contributed by atoms with Gasteiger partial charge < -0.3 is 15.9 Å². The molecule has 2 aromatic rings. The first-order valence-electron chi connectivity index (χ1n) is 7.14. The van der Waals surface area contributed by atoms with Crippen LogP contribution in [0.1, 0.15) is 16.7 Å². The van der Waals surface area contributed by atoms with Gasteiger partial charge in [0.25, 0.3) is 0 Å². The van der Waals surface area contributed by atoms with E-state index in [0.717, 1.165) is 17.3 Å². The number of anilines is 1. The summed E-state index contributed by atoms with van der Waals surface area (Å²) in [5, 5.41) is 37.8. The number of aliphatic hydroxyl groups excluding tert-OH is 2. The van der Waals surface area contributed by atoms with Gasteiger partial charge in [0, 0.05) is 11.3 Å². The number of hydrogen-bond donors (Lipinski definition) is 3. The summed E-state index contributed by atoms with van der Waals surface area (Å²) in [5.74, 6) is 0.199. The van der Waals surface area contributed by atoms with Gasteiger partial charge in [-0.25, -0.2) is 4.98 Å². The van der Waals surface area contributed by atoms with Crippen molar-refractivity contribution in [1.29, 1.82) is 10.5 Å². The number of hydrogen-bond acceptors (Lipinski definition) is 7. The molecular formula is C17H16N4O2S. The Balaban J connectivity index is 2.63. The molecule has 0 radical (unpaired) electrons. The van der Waals surface area contributed by atoms with E-state index in [0.29, 0.717) is 16.2 Å². The predicted molar refractivity (Wildman–Crippen MR) is 92.1 cm³/mol. The third kappa shape index (κ3) is 3.66. The summed E-state index contributed by atoms with van der Waals surface area (Å²) >= 11 is 1.12. The maximum atomic E-state index is 9.58. The molecule has 0 bridgehead atoms. The molecule has 2 rings (SSSR count). The van der Waals surface area contributed by atoms with Gasteiger partial charge in [0.05, 0.1) is 18.3 Å². The first-order valence-corrected chi connectivity index (χ1v) is 8.12. The summed E-state index contributed by atoms with van der Waals surface area (Å²) in [5.41, 5.74) is 8.48. The fourth-order valence-corrected chi connectivity index (χ4v) is 3.05. The molecule has 0 saturated heterocycles. The average Bonchev–Trinajstić information content (AvgIpc) is 2.59. The number of nitrogen functional groups attached to an aromatic ring is 1. The van der Waals surface area contributed by atoms with Gasteiger partial charge in [0.2, 0.25) is 0 Å². The molecule has 0 aliphatic carbocycles. The Kier molecular flexibility index (Phi) is 5.78. The van der Waals surface area contributed by atoms with E-state index in [1.165, 1.54) is 0 Å². The third-order valence-electron chi connectivity index (χ3n) is 3.38. The molecule has 0 aliphatic rings. The third-order valence-corrected chi connectivity index (χ3v) is 4.50. The van der Waals surface area contributed by atoms with Crippen LogP contribution in [0.4, 0.5) is 5.82 Å². The number of thioether (sulfide) groups is 1. The first kappa shape index (κ1) is 17.8. The molecule has 7 heteroatoms. The molecule has 1 aromatic carbocycles. The summed E-state index contributed by atoms with van der Waals surface area (Å²) in [4.78, 5) is 4.13. The summed E-state index contributed by atoms with van der Waals surface area (Å²) < 4.78 is 0. The zero-order valence-corrected chi connectivity index (χ0v) is 13.8. The van der Waals surface area contributed by atoms with Gasteiger partial charge in [-0.1, -0.05) is 29.8 Å².